The number of nitrogens with zero attached hydrogens (tertiary/aromatic N) is 2. The summed E-state index contributed by atoms with van der Waals surface area (Å²) in [6.45, 7) is 5.53. The molecule has 2 heterocycles. The van der Waals surface area contributed by atoms with Gasteiger partial charge in [-0.15, -0.1) is 11.3 Å². The molecule has 0 radical (unpaired) electrons. The molecule has 0 bridgehead atoms. The van der Waals surface area contributed by atoms with Gasteiger partial charge in [0.25, 0.3) is 0 Å². The number of guanidine groups is 1. The molecule has 0 amide bonds. The Morgan fingerprint density at radius 1 is 1.45 bits per heavy atom. The molecule has 4 nitrogen and oxygen atoms in total. The van der Waals surface area contributed by atoms with Gasteiger partial charge in [0.15, 0.2) is 5.96 Å². The van der Waals surface area contributed by atoms with Gasteiger partial charge in [0.05, 0.1) is 0 Å². The van der Waals surface area contributed by atoms with Gasteiger partial charge in [0.2, 0.25) is 0 Å². The minimum absolute atomic E-state index is 0.523. The molecule has 22 heavy (non-hydrogen) atoms. The Hall–Kier alpha value is -1.07. The molecule has 1 aliphatic carbocycles. The van der Waals surface area contributed by atoms with Gasteiger partial charge in [-0.1, -0.05) is 12.8 Å². The third-order valence-corrected chi connectivity index (χ3v) is 5.97. The summed E-state index contributed by atoms with van der Waals surface area (Å²) in [5, 5.41) is 9.30. The zero-order valence-corrected chi connectivity index (χ0v) is 14.6. The lowest BCUT2D eigenvalue weighted by molar-refractivity contribution is 0.192. The Morgan fingerprint density at radius 3 is 3.05 bits per heavy atom. The quantitative estimate of drug-likeness (QED) is 0.662. The Balaban J connectivity index is 1.46. The first-order valence-corrected chi connectivity index (χ1v) is 9.40. The van der Waals surface area contributed by atoms with Crippen LogP contribution in [0.2, 0.25) is 0 Å². The lowest BCUT2D eigenvalue weighted by atomic mass is 10.1. The normalized spacial score (nSPS) is 21.6. The average Bonchev–Trinajstić information content (AvgIpc) is 3.21. The molecule has 1 unspecified atom stereocenters. The highest BCUT2D eigenvalue weighted by Crippen LogP contribution is 2.25. The van der Waals surface area contributed by atoms with Gasteiger partial charge in [-0.25, -0.2) is 0 Å². The number of hydrogen-bond acceptors (Lipinski definition) is 3. The standard InChI is InChI=1S/C17H28N4S/c1-13(21-9-7-16-14(12-21)8-10-22-16)11-19-17(18-2)20-15-5-3-4-6-15/h8,10,13,15H,3-7,9,11-12H2,1-2H3,(H2,18,19,20). The van der Waals surface area contributed by atoms with Gasteiger partial charge in [0.1, 0.15) is 0 Å². The molecular formula is C17H28N4S. The second kappa shape index (κ2) is 7.47. The van der Waals surface area contributed by atoms with Crippen molar-refractivity contribution in [3.8, 4) is 0 Å². The molecule has 0 spiro atoms. The fourth-order valence-electron chi connectivity index (χ4n) is 3.48. The molecule has 1 aliphatic heterocycles. The van der Waals surface area contributed by atoms with Crippen LogP contribution in [0.1, 0.15) is 43.0 Å². The van der Waals surface area contributed by atoms with Crippen LogP contribution < -0.4 is 10.6 Å². The SMILES string of the molecule is CN=C(NCC(C)N1CCc2sccc2C1)NC1CCCC1. The summed E-state index contributed by atoms with van der Waals surface area (Å²) < 4.78 is 0. The lowest BCUT2D eigenvalue weighted by Gasteiger charge is -2.33. The van der Waals surface area contributed by atoms with Gasteiger partial charge in [0, 0.05) is 43.6 Å². The molecule has 0 saturated heterocycles. The van der Waals surface area contributed by atoms with Crippen LogP contribution in [0, 0.1) is 0 Å². The molecule has 1 aromatic heterocycles. The minimum atomic E-state index is 0.523. The predicted molar refractivity (Wildman–Crippen MR) is 94.6 cm³/mol. The number of aliphatic imine (C=N–C) groups is 1. The topological polar surface area (TPSA) is 39.7 Å². The maximum atomic E-state index is 4.37. The molecule has 1 fully saturated rings. The van der Waals surface area contributed by atoms with Crippen LogP contribution in [0.5, 0.6) is 0 Å². The van der Waals surface area contributed by atoms with Crippen molar-refractivity contribution in [1.29, 1.82) is 0 Å². The second-order valence-corrected chi connectivity index (χ2v) is 7.52. The number of thiophene rings is 1. The van der Waals surface area contributed by atoms with Crippen LogP contribution in [0.4, 0.5) is 0 Å². The molecule has 1 aromatic rings. The van der Waals surface area contributed by atoms with Crippen molar-refractivity contribution in [1.82, 2.24) is 15.5 Å². The van der Waals surface area contributed by atoms with E-state index >= 15 is 0 Å². The van der Waals surface area contributed by atoms with Crippen molar-refractivity contribution in [2.75, 3.05) is 20.1 Å². The highest BCUT2D eigenvalue weighted by molar-refractivity contribution is 7.10. The molecule has 122 valence electrons. The fraction of sp³-hybridized carbons (Fsp3) is 0.706. The molecule has 3 rings (SSSR count). The van der Waals surface area contributed by atoms with Gasteiger partial charge >= 0.3 is 0 Å². The van der Waals surface area contributed by atoms with E-state index in [1.165, 1.54) is 44.2 Å². The van der Waals surface area contributed by atoms with Crippen molar-refractivity contribution >= 4 is 17.3 Å². The van der Waals surface area contributed by atoms with E-state index < -0.39 is 0 Å². The van der Waals surface area contributed by atoms with E-state index in [1.807, 2.05) is 18.4 Å². The first-order chi connectivity index (χ1) is 10.8. The van der Waals surface area contributed by atoms with Crippen LogP contribution >= 0.6 is 11.3 Å². The Morgan fingerprint density at radius 2 is 2.27 bits per heavy atom. The smallest absolute Gasteiger partial charge is 0.191 e. The van der Waals surface area contributed by atoms with Crippen LogP contribution in [0.15, 0.2) is 16.4 Å². The van der Waals surface area contributed by atoms with Crippen molar-refractivity contribution in [2.24, 2.45) is 4.99 Å². The monoisotopic (exact) mass is 320 g/mol. The highest BCUT2D eigenvalue weighted by Gasteiger charge is 2.22. The lowest BCUT2D eigenvalue weighted by Crippen LogP contribution is -2.48. The largest absolute Gasteiger partial charge is 0.355 e. The highest BCUT2D eigenvalue weighted by atomic mass is 32.1. The van der Waals surface area contributed by atoms with E-state index in [2.05, 4.69) is 38.9 Å². The summed E-state index contributed by atoms with van der Waals surface area (Å²) in [7, 11) is 1.87. The van der Waals surface area contributed by atoms with Gasteiger partial charge in [-0.2, -0.15) is 0 Å². The molecule has 1 atom stereocenters. The van der Waals surface area contributed by atoms with E-state index in [0.717, 1.165) is 19.0 Å². The predicted octanol–water partition coefficient (Wildman–Crippen LogP) is 2.60. The van der Waals surface area contributed by atoms with Gasteiger partial charge in [-0.3, -0.25) is 9.89 Å². The third-order valence-electron chi connectivity index (χ3n) is 4.95. The Kier molecular flexibility index (Phi) is 5.37. The van der Waals surface area contributed by atoms with Crippen LogP contribution in [-0.2, 0) is 13.0 Å². The molecular weight excluding hydrogens is 292 g/mol. The minimum Gasteiger partial charge on any atom is -0.355 e. The van der Waals surface area contributed by atoms with E-state index in [0.29, 0.717) is 12.1 Å². The zero-order valence-electron chi connectivity index (χ0n) is 13.8. The van der Waals surface area contributed by atoms with Gasteiger partial charge in [-0.05, 0) is 43.2 Å². The Bertz CT molecular complexity index is 505. The maximum Gasteiger partial charge on any atom is 0.191 e. The van der Waals surface area contributed by atoms with Crippen molar-refractivity contribution in [2.45, 2.75) is 57.7 Å². The number of rotatable bonds is 4. The van der Waals surface area contributed by atoms with E-state index in [9.17, 15) is 0 Å². The van der Waals surface area contributed by atoms with Crippen LogP contribution in [-0.4, -0.2) is 43.1 Å². The molecule has 2 N–H and O–H groups in total. The average molecular weight is 321 g/mol. The summed E-state index contributed by atoms with van der Waals surface area (Å²) in [6, 6.07) is 3.42. The summed E-state index contributed by atoms with van der Waals surface area (Å²) >= 11 is 1.91. The van der Waals surface area contributed by atoms with E-state index in [1.54, 1.807) is 4.88 Å². The summed E-state index contributed by atoms with van der Waals surface area (Å²) in [4.78, 5) is 8.53. The second-order valence-electron chi connectivity index (χ2n) is 6.52. The number of fused-ring (bicyclic) bond motifs is 1. The first-order valence-electron chi connectivity index (χ1n) is 8.52. The zero-order chi connectivity index (χ0) is 15.4. The first kappa shape index (κ1) is 15.8. The molecule has 0 aromatic carbocycles. The molecule has 2 aliphatic rings. The van der Waals surface area contributed by atoms with Crippen LogP contribution in [0.3, 0.4) is 0 Å². The maximum absolute atomic E-state index is 4.37. The Labute approximate surface area is 138 Å². The summed E-state index contributed by atoms with van der Waals surface area (Å²) in [5.74, 6) is 0.965. The molecule has 5 heteroatoms. The fourth-order valence-corrected chi connectivity index (χ4v) is 4.37. The summed E-state index contributed by atoms with van der Waals surface area (Å²) in [6.07, 6.45) is 6.46. The van der Waals surface area contributed by atoms with Crippen molar-refractivity contribution in [3.05, 3.63) is 21.9 Å². The van der Waals surface area contributed by atoms with Crippen molar-refractivity contribution in [3.63, 3.8) is 0 Å². The van der Waals surface area contributed by atoms with E-state index in [4.69, 9.17) is 0 Å². The summed E-state index contributed by atoms with van der Waals surface area (Å²) in [5.41, 5.74) is 1.52. The number of nitrogens with one attached hydrogen (secondary N) is 2. The molecule has 1 saturated carbocycles. The van der Waals surface area contributed by atoms with Crippen molar-refractivity contribution < 1.29 is 0 Å². The van der Waals surface area contributed by atoms with E-state index in [-0.39, 0.29) is 0 Å². The van der Waals surface area contributed by atoms with Crippen LogP contribution in [0.25, 0.3) is 0 Å². The number of hydrogen-bond donors (Lipinski definition) is 2. The third kappa shape index (κ3) is 3.82. The van der Waals surface area contributed by atoms with Gasteiger partial charge < -0.3 is 10.6 Å².